The van der Waals surface area contributed by atoms with Crippen molar-refractivity contribution in [2.24, 2.45) is 0 Å². The number of carbonyl (C=O) groups excluding carboxylic acids is 1. The number of carbonyl (C=O) groups is 1. The first kappa shape index (κ1) is 20.2. The number of hydrogen-bond acceptors (Lipinski definition) is 7. The lowest BCUT2D eigenvalue weighted by atomic mass is 10.1. The molecule has 1 amide bonds. The Balaban J connectivity index is 1.43. The fourth-order valence-electron chi connectivity index (χ4n) is 3.52. The second kappa shape index (κ2) is 8.79. The molecule has 0 spiro atoms. The second-order valence-electron chi connectivity index (χ2n) is 7.26. The first-order valence-electron chi connectivity index (χ1n) is 10.2. The van der Waals surface area contributed by atoms with Gasteiger partial charge in [0, 0.05) is 17.1 Å². The standard InChI is InChI=1S/C23H18N8O2/c32-22(16-6-5-8-18(12-16)31-15-26-28-29-31)25-13-21-19-9-1-2-10-20(19)23(33)30(27-21)14-17-7-3-4-11-24-17/h1-12,15H,13-14H2,(H,25,32). The molecule has 0 bridgehead atoms. The average Bonchev–Trinajstić information content (AvgIpc) is 3.41. The van der Waals surface area contributed by atoms with Crippen LogP contribution in [0.3, 0.4) is 0 Å². The molecular weight excluding hydrogens is 420 g/mol. The summed E-state index contributed by atoms with van der Waals surface area (Å²) in [5.74, 6) is -0.279. The van der Waals surface area contributed by atoms with Crippen LogP contribution in [0.2, 0.25) is 0 Å². The van der Waals surface area contributed by atoms with Crippen molar-refractivity contribution in [3.8, 4) is 5.69 Å². The lowest BCUT2D eigenvalue weighted by molar-refractivity contribution is 0.0950. The molecule has 10 nitrogen and oxygen atoms in total. The van der Waals surface area contributed by atoms with Gasteiger partial charge in [0.25, 0.3) is 11.5 Å². The summed E-state index contributed by atoms with van der Waals surface area (Å²) in [5.41, 5.74) is 2.22. The zero-order valence-corrected chi connectivity index (χ0v) is 17.4. The maximum absolute atomic E-state index is 13.0. The van der Waals surface area contributed by atoms with Gasteiger partial charge in [-0.25, -0.2) is 9.36 Å². The van der Waals surface area contributed by atoms with Crippen LogP contribution < -0.4 is 10.9 Å². The summed E-state index contributed by atoms with van der Waals surface area (Å²) in [6.45, 7) is 0.385. The van der Waals surface area contributed by atoms with Gasteiger partial charge in [-0.05, 0) is 46.8 Å². The summed E-state index contributed by atoms with van der Waals surface area (Å²) in [6.07, 6.45) is 3.13. The van der Waals surface area contributed by atoms with E-state index >= 15 is 0 Å². The van der Waals surface area contributed by atoms with Crippen molar-refractivity contribution in [2.45, 2.75) is 13.1 Å². The van der Waals surface area contributed by atoms with Gasteiger partial charge in [0.05, 0.1) is 35.6 Å². The predicted octanol–water partition coefficient (Wildman–Crippen LogP) is 1.75. The smallest absolute Gasteiger partial charge is 0.275 e. The van der Waals surface area contributed by atoms with E-state index in [1.165, 1.54) is 15.7 Å². The topological polar surface area (TPSA) is 120 Å². The van der Waals surface area contributed by atoms with Crippen LogP contribution in [0.15, 0.2) is 84.0 Å². The summed E-state index contributed by atoms with van der Waals surface area (Å²) >= 11 is 0. The molecule has 0 aliphatic carbocycles. The van der Waals surface area contributed by atoms with Gasteiger partial charge in [0.2, 0.25) is 0 Å². The number of amides is 1. The van der Waals surface area contributed by atoms with Crippen LogP contribution >= 0.6 is 0 Å². The van der Waals surface area contributed by atoms with Crippen LogP contribution in [0.4, 0.5) is 0 Å². The SMILES string of the molecule is O=C(NCc1nn(Cc2ccccn2)c(=O)c2ccccc12)c1cccc(-n2cnnn2)c1. The number of nitrogens with zero attached hydrogens (tertiary/aromatic N) is 7. The Kier molecular flexibility index (Phi) is 5.38. The van der Waals surface area contributed by atoms with Gasteiger partial charge in [-0.3, -0.25) is 14.6 Å². The van der Waals surface area contributed by atoms with E-state index in [9.17, 15) is 9.59 Å². The molecule has 0 fully saturated rings. The molecule has 5 rings (SSSR count). The largest absolute Gasteiger partial charge is 0.346 e. The van der Waals surface area contributed by atoms with Crippen molar-refractivity contribution >= 4 is 16.7 Å². The Hall–Kier alpha value is -4.73. The molecule has 3 aromatic heterocycles. The zero-order valence-electron chi connectivity index (χ0n) is 17.4. The number of tetrazole rings is 1. The number of aromatic nitrogens is 7. The molecule has 1 N–H and O–H groups in total. The van der Waals surface area contributed by atoms with E-state index < -0.39 is 0 Å². The number of nitrogens with one attached hydrogen (secondary N) is 1. The molecule has 3 heterocycles. The fourth-order valence-corrected chi connectivity index (χ4v) is 3.52. The first-order valence-corrected chi connectivity index (χ1v) is 10.2. The van der Waals surface area contributed by atoms with Gasteiger partial charge in [0.15, 0.2) is 0 Å². The Morgan fingerprint density at radius 1 is 0.970 bits per heavy atom. The molecule has 0 atom stereocenters. The minimum Gasteiger partial charge on any atom is -0.346 e. The molecule has 5 aromatic rings. The maximum Gasteiger partial charge on any atom is 0.275 e. The van der Waals surface area contributed by atoms with E-state index in [0.717, 1.165) is 5.69 Å². The quantitative estimate of drug-likeness (QED) is 0.429. The Morgan fingerprint density at radius 3 is 2.61 bits per heavy atom. The molecule has 0 saturated heterocycles. The second-order valence-corrected chi connectivity index (χ2v) is 7.26. The average molecular weight is 438 g/mol. The number of benzene rings is 2. The van der Waals surface area contributed by atoms with Crippen molar-refractivity contribution in [3.05, 3.63) is 107 Å². The van der Waals surface area contributed by atoms with E-state index in [-0.39, 0.29) is 24.6 Å². The van der Waals surface area contributed by atoms with Crippen LogP contribution in [-0.4, -0.2) is 40.9 Å². The molecule has 10 heteroatoms. The molecule has 0 unspecified atom stereocenters. The summed E-state index contributed by atoms with van der Waals surface area (Å²) < 4.78 is 2.85. The third-order valence-electron chi connectivity index (χ3n) is 5.12. The van der Waals surface area contributed by atoms with E-state index in [0.29, 0.717) is 27.7 Å². The molecule has 33 heavy (non-hydrogen) atoms. The molecule has 0 aliphatic rings. The molecule has 0 aliphatic heterocycles. The van der Waals surface area contributed by atoms with E-state index in [1.54, 1.807) is 36.5 Å². The minimum atomic E-state index is -0.279. The molecule has 162 valence electrons. The Labute approximate surface area is 187 Å². The van der Waals surface area contributed by atoms with E-state index in [1.807, 2.05) is 36.4 Å². The number of pyridine rings is 1. The number of fused-ring (bicyclic) bond motifs is 1. The van der Waals surface area contributed by atoms with Gasteiger partial charge in [-0.15, -0.1) is 5.10 Å². The predicted molar refractivity (Wildman–Crippen MR) is 120 cm³/mol. The zero-order chi connectivity index (χ0) is 22.6. The summed E-state index contributed by atoms with van der Waals surface area (Å²) in [5, 5.41) is 19.7. The Morgan fingerprint density at radius 2 is 1.82 bits per heavy atom. The maximum atomic E-state index is 13.0. The van der Waals surface area contributed by atoms with Crippen molar-refractivity contribution in [1.29, 1.82) is 0 Å². The van der Waals surface area contributed by atoms with Crippen LogP contribution in [0, 0.1) is 0 Å². The minimum absolute atomic E-state index is 0.150. The third kappa shape index (κ3) is 4.22. The highest BCUT2D eigenvalue weighted by Crippen LogP contribution is 2.14. The highest BCUT2D eigenvalue weighted by Gasteiger charge is 2.13. The normalized spacial score (nSPS) is 10.9. The highest BCUT2D eigenvalue weighted by molar-refractivity contribution is 5.95. The molecule has 2 aromatic carbocycles. The van der Waals surface area contributed by atoms with Crippen LogP contribution in [0.5, 0.6) is 0 Å². The number of rotatable bonds is 6. The lowest BCUT2D eigenvalue weighted by Crippen LogP contribution is -2.29. The lowest BCUT2D eigenvalue weighted by Gasteiger charge is -2.12. The Bertz CT molecular complexity index is 1480. The van der Waals surface area contributed by atoms with Gasteiger partial charge in [-0.2, -0.15) is 5.10 Å². The van der Waals surface area contributed by atoms with Crippen LogP contribution in [0.25, 0.3) is 16.5 Å². The van der Waals surface area contributed by atoms with Crippen molar-refractivity contribution in [1.82, 2.24) is 40.3 Å². The van der Waals surface area contributed by atoms with Crippen molar-refractivity contribution in [3.63, 3.8) is 0 Å². The monoisotopic (exact) mass is 438 g/mol. The highest BCUT2D eigenvalue weighted by atomic mass is 16.1. The van der Waals surface area contributed by atoms with Gasteiger partial charge in [-0.1, -0.05) is 30.3 Å². The summed E-state index contributed by atoms with van der Waals surface area (Å²) in [4.78, 5) is 30.1. The third-order valence-corrected chi connectivity index (χ3v) is 5.12. The summed E-state index contributed by atoms with van der Waals surface area (Å²) in [6, 6.07) is 19.7. The van der Waals surface area contributed by atoms with Crippen molar-refractivity contribution < 1.29 is 4.79 Å². The van der Waals surface area contributed by atoms with Crippen molar-refractivity contribution in [2.75, 3.05) is 0 Å². The van der Waals surface area contributed by atoms with Gasteiger partial charge >= 0.3 is 0 Å². The first-order chi connectivity index (χ1) is 16.2. The molecule has 0 radical (unpaired) electrons. The summed E-state index contributed by atoms with van der Waals surface area (Å²) in [7, 11) is 0. The van der Waals surface area contributed by atoms with Crippen LogP contribution in [0.1, 0.15) is 21.7 Å². The van der Waals surface area contributed by atoms with E-state index in [2.05, 4.69) is 30.9 Å². The molecular formula is C23H18N8O2. The van der Waals surface area contributed by atoms with E-state index in [4.69, 9.17) is 0 Å². The number of hydrogen-bond donors (Lipinski definition) is 1. The molecule has 0 saturated carbocycles. The fraction of sp³-hybridized carbons (Fsp3) is 0.0870. The van der Waals surface area contributed by atoms with Gasteiger partial charge < -0.3 is 5.32 Å². The van der Waals surface area contributed by atoms with Gasteiger partial charge in [0.1, 0.15) is 6.33 Å². The van der Waals surface area contributed by atoms with Crippen LogP contribution in [-0.2, 0) is 13.1 Å².